The second-order valence-corrected chi connectivity index (χ2v) is 14.5. The first-order valence-corrected chi connectivity index (χ1v) is 19.1. The number of nitrogens with zero attached hydrogens (tertiary/aromatic N) is 2. The molecule has 0 radical (unpaired) electrons. The highest BCUT2D eigenvalue weighted by Gasteiger charge is 2.50. The van der Waals surface area contributed by atoms with E-state index in [1.165, 1.54) is 27.8 Å². The van der Waals surface area contributed by atoms with Crippen LogP contribution in [0.25, 0.3) is 67.3 Å². The van der Waals surface area contributed by atoms with E-state index in [4.69, 9.17) is 14.7 Å². The van der Waals surface area contributed by atoms with Gasteiger partial charge in [0, 0.05) is 27.8 Å². The molecular formula is C53H34N2O. The molecular weight excluding hydrogens is 681 g/mol. The molecule has 0 amide bonds. The minimum absolute atomic E-state index is 0.490. The number of ether oxygens (including phenoxy) is 1. The minimum atomic E-state index is -0.490. The molecule has 56 heavy (non-hydrogen) atoms. The third-order valence-electron chi connectivity index (χ3n) is 11.4. The van der Waals surface area contributed by atoms with Crippen molar-refractivity contribution >= 4 is 0 Å². The first kappa shape index (κ1) is 32.1. The van der Waals surface area contributed by atoms with Gasteiger partial charge in [-0.05, 0) is 68.8 Å². The van der Waals surface area contributed by atoms with Crippen molar-refractivity contribution < 1.29 is 4.74 Å². The average molecular weight is 715 g/mol. The van der Waals surface area contributed by atoms with Gasteiger partial charge in [-0.2, -0.15) is 0 Å². The summed E-state index contributed by atoms with van der Waals surface area (Å²) in [5, 5.41) is 0. The molecule has 9 aromatic rings. The average Bonchev–Trinajstić information content (AvgIpc) is 3.57. The SMILES string of the molecule is c1ccc(-c2cc(-c3ccccc3-c3ccccc3)nc(-c3cccc(-c4ccc5c(c4)Oc4ccccc4C54c5ccccc5-c5ccccc54)c3)n2)cc1. The van der Waals surface area contributed by atoms with E-state index in [0.29, 0.717) is 5.82 Å². The zero-order chi connectivity index (χ0) is 37.1. The Morgan fingerprint density at radius 2 is 0.821 bits per heavy atom. The molecule has 262 valence electrons. The largest absolute Gasteiger partial charge is 0.457 e. The van der Waals surface area contributed by atoms with Crippen LogP contribution in [0.5, 0.6) is 11.5 Å². The van der Waals surface area contributed by atoms with Gasteiger partial charge in [-0.1, -0.05) is 182 Å². The normalized spacial score (nSPS) is 12.9. The fraction of sp³-hybridized carbons (Fsp3) is 0.0189. The van der Waals surface area contributed by atoms with Crippen LogP contribution in [0.3, 0.4) is 0 Å². The van der Waals surface area contributed by atoms with E-state index in [1.807, 2.05) is 12.1 Å². The summed E-state index contributed by atoms with van der Waals surface area (Å²) >= 11 is 0. The van der Waals surface area contributed by atoms with Crippen LogP contribution >= 0.6 is 0 Å². The van der Waals surface area contributed by atoms with Crippen LogP contribution in [0.1, 0.15) is 22.3 Å². The number of benzene rings is 8. The summed E-state index contributed by atoms with van der Waals surface area (Å²) in [5.74, 6) is 2.42. The third-order valence-corrected chi connectivity index (χ3v) is 11.4. The van der Waals surface area contributed by atoms with Crippen molar-refractivity contribution in [1.82, 2.24) is 9.97 Å². The summed E-state index contributed by atoms with van der Waals surface area (Å²) in [5.41, 5.74) is 16.1. The molecule has 0 atom stereocenters. The van der Waals surface area contributed by atoms with Gasteiger partial charge in [-0.3, -0.25) is 0 Å². The highest BCUT2D eigenvalue weighted by atomic mass is 16.5. The first-order valence-electron chi connectivity index (χ1n) is 19.1. The molecule has 2 aliphatic rings. The molecule has 2 heterocycles. The molecule has 0 saturated carbocycles. The predicted octanol–water partition coefficient (Wildman–Crippen LogP) is 13.3. The fourth-order valence-electron chi connectivity index (χ4n) is 8.93. The van der Waals surface area contributed by atoms with Crippen LogP contribution in [-0.4, -0.2) is 9.97 Å². The third kappa shape index (κ3) is 4.98. The zero-order valence-corrected chi connectivity index (χ0v) is 30.4. The maximum absolute atomic E-state index is 6.82. The summed E-state index contributed by atoms with van der Waals surface area (Å²) in [6.07, 6.45) is 0. The number of hydrogen-bond acceptors (Lipinski definition) is 3. The highest BCUT2D eigenvalue weighted by molar-refractivity contribution is 5.89. The van der Waals surface area contributed by atoms with Gasteiger partial charge in [0.15, 0.2) is 5.82 Å². The molecule has 3 nitrogen and oxygen atoms in total. The Hall–Kier alpha value is -7.36. The Labute approximate surface area is 326 Å². The lowest BCUT2D eigenvalue weighted by atomic mass is 9.66. The highest BCUT2D eigenvalue weighted by Crippen LogP contribution is 2.62. The van der Waals surface area contributed by atoms with Crippen LogP contribution in [0, 0.1) is 0 Å². The minimum Gasteiger partial charge on any atom is -0.457 e. The molecule has 0 N–H and O–H groups in total. The standard InChI is InChI=1S/C53H34N2O/c1-3-16-35(17-4-1)40-22-7-8-25-43(40)49-34-48(36-18-5-2-6-19-36)54-52(55-49)39-21-15-20-37(32-39)38-30-31-47-51(33-38)56-50-29-14-13-28-46(50)53(47)44-26-11-9-23-41(44)42-24-10-12-27-45(42)53/h1-34H. The lowest BCUT2D eigenvalue weighted by molar-refractivity contribution is 0.436. The molecule has 1 spiro atoms. The molecule has 3 heteroatoms. The summed E-state index contributed by atoms with van der Waals surface area (Å²) < 4.78 is 6.82. The molecule has 0 saturated heterocycles. The van der Waals surface area contributed by atoms with E-state index in [0.717, 1.165) is 67.4 Å². The van der Waals surface area contributed by atoms with E-state index in [1.54, 1.807) is 0 Å². The van der Waals surface area contributed by atoms with Gasteiger partial charge in [0.25, 0.3) is 0 Å². The van der Waals surface area contributed by atoms with Crippen molar-refractivity contribution in [3.05, 3.63) is 229 Å². The van der Waals surface area contributed by atoms with Crippen LogP contribution in [0.4, 0.5) is 0 Å². The molecule has 0 bridgehead atoms. The number of aromatic nitrogens is 2. The summed E-state index contributed by atoms with van der Waals surface area (Å²) in [6, 6.07) is 72.9. The molecule has 0 unspecified atom stereocenters. The number of rotatable bonds is 5. The maximum atomic E-state index is 6.82. The number of para-hydroxylation sites is 1. The summed E-state index contributed by atoms with van der Waals surface area (Å²) in [7, 11) is 0. The fourth-order valence-corrected chi connectivity index (χ4v) is 8.93. The van der Waals surface area contributed by atoms with Crippen LogP contribution in [0.15, 0.2) is 206 Å². The number of hydrogen-bond donors (Lipinski definition) is 0. The molecule has 1 aliphatic carbocycles. The smallest absolute Gasteiger partial charge is 0.160 e. The Bertz CT molecular complexity index is 2910. The predicted molar refractivity (Wildman–Crippen MR) is 227 cm³/mol. The van der Waals surface area contributed by atoms with Crippen molar-refractivity contribution in [1.29, 1.82) is 0 Å². The van der Waals surface area contributed by atoms with E-state index in [-0.39, 0.29) is 0 Å². The van der Waals surface area contributed by atoms with Gasteiger partial charge >= 0.3 is 0 Å². The van der Waals surface area contributed by atoms with E-state index >= 15 is 0 Å². The second-order valence-electron chi connectivity index (χ2n) is 14.5. The van der Waals surface area contributed by atoms with Crippen LogP contribution in [0.2, 0.25) is 0 Å². The molecule has 1 aromatic heterocycles. The van der Waals surface area contributed by atoms with Crippen LogP contribution < -0.4 is 4.74 Å². The van der Waals surface area contributed by atoms with Gasteiger partial charge in [0.2, 0.25) is 0 Å². The van der Waals surface area contributed by atoms with Crippen molar-refractivity contribution in [3.8, 4) is 78.8 Å². The van der Waals surface area contributed by atoms with Gasteiger partial charge in [0.1, 0.15) is 11.5 Å². The molecule has 11 rings (SSSR count). The van der Waals surface area contributed by atoms with Crippen molar-refractivity contribution in [2.24, 2.45) is 0 Å². The van der Waals surface area contributed by atoms with Gasteiger partial charge in [-0.25, -0.2) is 9.97 Å². The number of fused-ring (bicyclic) bond motifs is 9. The summed E-state index contributed by atoms with van der Waals surface area (Å²) in [4.78, 5) is 10.5. The van der Waals surface area contributed by atoms with E-state index in [2.05, 4.69) is 194 Å². The Morgan fingerprint density at radius 3 is 1.55 bits per heavy atom. The molecule has 8 aromatic carbocycles. The van der Waals surface area contributed by atoms with Gasteiger partial charge < -0.3 is 4.74 Å². The lowest BCUT2D eigenvalue weighted by Gasteiger charge is -2.39. The van der Waals surface area contributed by atoms with Crippen LogP contribution in [-0.2, 0) is 5.41 Å². The van der Waals surface area contributed by atoms with Gasteiger partial charge in [0.05, 0.1) is 16.8 Å². The van der Waals surface area contributed by atoms with Crippen molar-refractivity contribution in [2.75, 3.05) is 0 Å². The Kier molecular flexibility index (Phi) is 7.39. The Balaban J connectivity index is 1.06. The monoisotopic (exact) mass is 714 g/mol. The molecule has 0 fully saturated rings. The van der Waals surface area contributed by atoms with Crippen molar-refractivity contribution in [3.63, 3.8) is 0 Å². The van der Waals surface area contributed by atoms with Gasteiger partial charge in [-0.15, -0.1) is 0 Å². The molecule has 1 aliphatic heterocycles. The lowest BCUT2D eigenvalue weighted by Crippen LogP contribution is -2.32. The first-order chi connectivity index (χ1) is 27.8. The Morgan fingerprint density at radius 1 is 0.304 bits per heavy atom. The maximum Gasteiger partial charge on any atom is 0.160 e. The van der Waals surface area contributed by atoms with E-state index < -0.39 is 5.41 Å². The zero-order valence-electron chi connectivity index (χ0n) is 30.4. The topological polar surface area (TPSA) is 35.0 Å². The summed E-state index contributed by atoms with van der Waals surface area (Å²) in [6.45, 7) is 0. The quantitative estimate of drug-likeness (QED) is 0.178. The van der Waals surface area contributed by atoms with E-state index in [9.17, 15) is 0 Å². The second kappa shape index (κ2) is 12.9. The van der Waals surface area contributed by atoms with Crippen molar-refractivity contribution in [2.45, 2.75) is 5.41 Å².